The molecule has 3 aromatic rings. The molecule has 0 N–H and O–H groups in total. The molecule has 0 atom stereocenters. The minimum Gasteiger partial charge on any atom is -0.494 e. The largest absolute Gasteiger partial charge is 0.494 e. The molecule has 7 heteroatoms. The van der Waals surface area contributed by atoms with Crippen molar-refractivity contribution in [1.29, 1.82) is 0 Å². The van der Waals surface area contributed by atoms with Gasteiger partial charge in [-0.1, -0.05) is 17.8 Å². The van der Waals surface area contributed by atoms with E-state index in [1.807, 2.05) is 48.7 Å². The molecule has 23 heavy (non-hydrogen) atoms. The van der Waals surface area contributed by atoms with Gasteiger partial charge in [0.15, 0.2) is 5.78 Å². The van der Waals surface area contributed by atoms with Gasteiger partial charge in [-0.25, -0.2) is 0 Å². The van der Waals surface area contributed by atoms with Crippen molar-refractivity contribution in [2.75, 3.05) is 12.4 Å². The normalized spacial score (nSPS) is 10.7. The minimum absolute atomic E-state index is 0.0609. The van der Waals surface area contributed by atoms with Crippen LogP contribution in [0, 0.1) is 0 Å². The number of thiophene rings is 1. The molecule has 0 aliphatic carbocycles. The second kappa shape index (κ2) is 7.43. The van der Waals surface area contributed by atoms with E-state index >= 15 is 0 Å². The molecule has 0 spiro atoms. The maximum Gasteiger partial charge on any atom is 0.277 e. The Bertz CT molecular complexity index is 767. The molecular weight excluding hydrogens is 332 g/mol. The van der Waals surface area contributed by atoms with Gasteiger partial charge in [-0.3, -0.25) is 4.79 Å². The van der Waals surface area contributed by atoms with E-state index in [9.17, 15) is 4.79 Å². The Balaban J connectivity index is 1.62. The van der Waals surface area contributed by atoms with Crippen LogP contribution in [0.3, 0.4) is 0 Å². The topological polar surface area (TPSA) is 65.2 Å². The maximum absolute atomic E-state index is 11.9. The molecule has 3 rings (SSSR count). The summed E-state index contributed by atoms with van der Waals surface area (Å²) in [6.45, 7) is 2.56. The fourth-order valence-corrected chi connectivity index (χ4v) is 3.28. The highest BCUT2D eigenvalue weighted by Gasteiger charge is 2.13. The smallest absolute Gasteiger partial charge is 0.277 e. The number of ketones is 1. The zero-order valence-corrected chi connectivity index (χ0v) is 14.0. The van der Waals surface area contributed by atoms with Crippen LogP contribution in [0.25, 0.3) is 11.5 Å². The molecule has 0 saturated carbocycles. The molecule has 2 heterocycles. The van der Waals surface area contributed by atoms with Gasteiger partial charge >= 0.3 is 0 Å². The molecule has 0 fully saturated rings. The SMILES string of the molecule is CCOc1ccc(-c2nnc(SCC(=O)c3cccs3)o2)cc1. The molecule has 1 aromatic carbocycles. The number of thioether (sulfide) groups is 1. The summed E-state index contributed by atoms with van der Waals surface area (Å²) in [6.07, 6.45) is 0. The lowest BCUT2D eigenvalue weighted by Crippen LogP contribution is -1.98. The van der Waals surface area contributed by atoms with Crippen molar-refractivity contribution in [3.05, 3.63) is 46.7 Å². The van der Waals surface area contributed by atoms with E-state index < -0.39 is 0 Å². The van der Waals surface area contributed by atoms with Crippen molar-refractivity contribution in [3.63, 3.8) is 0 Å². The number of Topliss-reactive ketones (excluding diaryl/α,β-unsaturated/α-hetero) is 1. The van der Waals surface area contributed by atoms with Crippen LogP contribution in [-0.4, -0.2) is 28.3 Å². The zero-order chi connectivity index (χ0) is 16.1. The number of nitrogens with zero attached hydrogens (tertiary/aromatic N) is 2. The number of hydrogen-bond donors (Lipinski definition) is 0. The van der Waals surface area contributed by atoms with Gasteiger partial charge in [-0.05, 0) is 42.6 Å². The average Bonchev–Trinajstić information content (AvgIpc) is 3.25. The van der Waals surface area contributed by atoms with Gasteiger partial charge in [0.2, 0.25) is 5.89 Å². The fraction of sp³-hybridized carbons (Fsp3) is 0.188. The highest BCUT2D eigenvalue weighted by molar-refractivity contribution is 7.99. The van der Waals surface area contributed by atoms with Crippen molar-refractivity contribution >= 4 is 28.9 Å². The first-order chi connectivity index (χ1) is 11.3. The molecule has 5 nitrogen and oxygen atoms in total. The Morgan fingerprint density at radius 3 is 2.78 bits per heavy atom. The number of benzene rings is 1. The molecule has 0 radical (unpaired) electrons. The summed E-state index contributed by atoms with van der Waals surface area (Å²) in [5.41, 5.74) is 0.817. The lowest BCUT2D eigenvalue weighted by molar-refractivity contribution is 0.102. The summed E-state index contributed by atoms with van der Waals surface area (Å²) in [7, 11) is 0. The molecule has 0 bridgehead atoms. The predicted molar refractivity (Wildman–Crippen MR) is 90.3 cm³/mol. The van der Waals surface area contributed by atoms with Crippen LogP contribution in [0.2, 0.25) is 0 Å². The van der Waals surface area contributed by atoms with Gasteiger partial charge in [-0.2, -0.15) is 0 Å². The number of aromatic nitrogens is 2. The van der Waals surface area contributed by atoms with E-state index in [-0.39, 0.29) is 11.5 Å². The van der Waals surface area contributed by atoms with Crippen LogP contribution < -0.4 is 4.74 Å². The first-order valence-corrected chi connectivity index (χ1v) is 8.89. The number of rotatable bonds is 7. The molecule has 0 aliphatic heterocycles. The van der Waals surface area contributed by atoms with Gasteiger partial charge in [0, 0.05) is 5.56 Å². The second-order valence-electron chi connectivity index (χ2n) is 4.52. The van der Waals surface area contributed by atoms with Crippen molar-refractivity contribution in [1.82, 2.24) is 10.2 Å². The summed E-state index contributed by atoms with van der Waals surface area (Å²) < 4.78 is 11.0. The number of hydrogen-bond acceptors (Lipinski definition) is 7. The molecular formula is C16H14N2O3S2. The van der Waals surface area contributed by atoms with Crippen LogP contribution in [0.15, 0.2) is 51.4 Å². The zero-order valence-electron chi connectivity index (χ0n) is 12.4. The van der Waals surface area contributed by atoms with E-state index in [1.54, 1.807) is 0 Å². The molecule has 0 aliphatic rings. The maximum atomic E-state index is 11.9. The van der Waals surface area contributed by atoms with Gasteiger partial charge in [-0.15, -0.1) is 21.5 Å². The third-order valence-electron chi connectivity index (χ3n) is 2.94. The van der Waals surface area contributed by atoms with Crippen LogP contribution in [0.4, 0.5) is 0 Å². The third kappa shape index (κ3) is 4.00. The Morgan fingerprint density at radius 1 is 1.26 bits per heavy atom. The summed E-state index contributed by atoms with van der Waals surface area (Å²) in [5, 5.41) is 10.3. The monoisotopic (exact) mass is 346 g/mol. The number of ether oxygens (including phenoxy) is 1. The van der Waals surface area contributed by atoms with Crippen LogP contribution >= 0.6 is 23.1 Å². The van der Waals surface area contributed by atoms with E-state index in [0.717, 1.165) is 16.2 Å². The molecule has 2 aromatic heterocycles. The van der Waals surface area contributed by atoms with Gasteiger partial charge in [0.1, 0.15) is 5.75 Å². The highest BCUT2D eigenvalue weighted by atomic mass is 32.2. The van der Waals surface area contributed by atoms with E-state index in [1.165, 1.54) is 23.1 Å². The lowest BCUT2D eigenvalue weighted by Gasteiger charge is -2.02. The molecule has 0 saturated heterocycles. The van der Waals surface area contributed by atoms with Crippen LogP contribution in [0.1, 0.15) is 16.6 Å². The number of carbonyl (C=O) groups excluding carboxylic acids is 1. The molecule has 0 unspecified atom stereocenters. The summed E-state index contributed by atoms with van der Waals surface area (Å²) >= 11 is 2.68. The minimum atomic E-state index is 0.0609. The van der Waals surface area contributed by atoms with E-state index in [0.29, 0.717) is 17.7 Å². The van der Waals surface area contributed by atoms with Crippen molar-refractivity contribution < 1.29 is 13.9 Å². The van der Waals surface area contributed by atoms with Crippen LogP contribution in [0.5, 0.6) is 5.75 Å². The van der Waals surface area contributed by atoms with Crippen molar-refractivity contribution in [2.24, 2.45) is 0 Å². The first-order valence-electron chi connectivity index (χ1n) is 7.02. The summed E-state index contributed by atoms with van der Waals surface area (Å²) in [6, 6.07) is 11.1. The Morgan fingerprint density at radius 2 is 2.09 bits per heavy atom. The number of carbonyl (C=O) groups is 1. The Labute approximate surface area is 141 Å². The van der Waals surface area contributed by atoms with Crippen molar-refractivity contribution in [2.45, 2.75) is 12.1 Å². The second-order valence-corrected chi connectivity index (χ2v) is 6.39. The summed E-state index contributed by atoms with van der Waals surface area (Å²) in [5.74, 6) is 1.57. The summed E-state index contributed by atoms with van der Waals surface area (Å²) in [4.78, 5) is 12.7. The first kappa shape index (κ1) is 15.8. The van der Waals surface area contributed by atoms with Crippen LogP contribution in [-0.2, 0) is 0 Å². The van der Waals surface area contributed by atoms with Crippen molar-refractivity contribution in [3.8, 4) is 17.2 Å². The van der Waals surface area contributed by atoms with Gasteiger partial charge in [0.05, 0.1) is 17.2 Å². The standard InChI is InChI=1S/C16H14N2O3S2/c1-2-20-12-7-5-11(6-8-12)15-17-18-16(21-15)23-10-13(19)14-4-3-9-22-14/h3-9H,2,10H2,1H3. The average molecular weight is 346 g/mol. The fourth-order valence-electron chi connectivity index (χ4n) is 1.88. The quantitative estimate of drug-likeness (QED) is 0.472. The highest BCUT2D eigenvalue weighted by Crippen LogP contribution is 2.25. The third-order valence-corrected chi connectivity index (χ3v) is 4.67. The van der Waals surface area contributed by atoms with E-state index in [4.69, 9.17) is 9.15 Å². The van der Waals surface area contributed by atoms with Gasteiger partial charge < -0.3 is 9.15 Å². The van der Waals surface area contributed by atoms with E-state index in [2.05, 4.69) is 10.2 Å². The molecule has 0 amide bonds. The lowest BCUT2D eigenvalue weighted by atomic mass is 10.2. The van der Waals surface area contributed by atoms with Gasteiger partial charge in [0.25, 0.3) is 5.22 Å². The molecule has 118 valence electrons. The Hall–Kier alpha value is -2.12. The predicted octanol–water partition coefficient (Wildman–Crippen LogP) is 4.17. The Kier molecular flexibility index (Phi) is 5.09.